The zero-order valence-corrected chi connectivity index (χ0v) is 22.3. The number of guanidine groups is 1. The minimum absolute atomic E-state index is 0.0340. The lowest BCUT2D eigenvalue weighted by Crippen LogP contribution is -2.54. The fourth-order valence-corrected chi connectivity index (χ4v) is 3.84. The summed E-state index contributed by atoms with van der Waals surface area (Å²) in [5.74, 6) is -0.988. The van der Waals surface area contributed by atoms with Crippen molar-refractivity contribution in [3.63, 3.8) is 0 Å². The van der Waals surface area contributed by atoms with Gasteiger partial charge in [0.2, 0.25) is 17.7 Å². The van der Waals surface area contributed by atoms with Crippen LogP contribution in [0.1, 0.15) is 56.9 Å². The van der Waals surface area contributed by atoms with Crippen LogP contribution in [-0.2, 0) is 20.8 Å². The molecule has 0 saturated carbocycles. The molecule has 0 aliphatic heterocycles. The fraction of sp³-hybridized carbons (Fsp3) is 0.600. The fourth-order valence-electron chi connectivity index (χ4n) is 3.64. The van der Waals surface area contributed by atoms with E-state index >= 15 is 0 Å². The van der Waals surface area contributed by atoms with Crippen LogP contribution in [0.2, 0.25) is 5.02 Å². The summed E-state index contributed by atoms with van der Waals surface area (Å²) in [6, 6.07) is 5.51. The Balaban J connectivity index is 2.78. The molecule has 2 atom stereocenters. The van der Waals surface area contributed by atoms with Crippen molar-refractivity contribution in [3.05, 3.63) is 34.9 Å². The smallest absolute Gasteiger partial charge is 0.243 e. The van der Waals surface area contributed by atoms with Gasteiger partial charge >= 0.3 is 0 Å². The second-order valence-electron chi connectivity index (χ2n) is 8.82. The number of nitrogens with one attached hydrogen (secondary N) is 3. The predicted molar refractivity (Wildman–Crippen MR) is 148 cm³/mol. The number of carbonyl (C=O) groups excluding carboxylic acids is 3. The van der Waals surface area contributed by atoms with Crippen LogP contribution in [0.15, 0.2) is 29.3 Å². The number of rotatable bonds is 19. The monoisotopic (exact) mass is 538 g/mol. The van der Waals surface area contributed by atoms with Gasteiger partial charge in [-0.1, -0.05) is 29.8 Å². The number of benzene rings is 1. The highest BCUT2D eigenvalue weighted by atomic mass is 35.5. The maximum atomic E-state index is 13.2. The third-order valence-corrected chi connectivity index (χ3v) is 6.03. The molecule has 12 heteroatoms. The summed E-state index contributed by atoms with van der Waals surface area (Å²) in [5, 5.41) is 8.98. The molecule has 0 bridgehead atoms. The summed E-state index contributed by atoms with van der Waals surface area (Å²) < 4.78 is 0. The molecule has 0 spiro atoms. The number of hydrogen-bond acceptors (Lipinski definition) is 6. The summed E-state index contributed by atoms with van der Waals surface area (Å²) in [5.41, 5.74) is 22.5. The summed E-state index contributed by atoms with van der Waals surface area (Å²) in [7, 11) is 0. The van der Waals surface area contributed by atoms with Gasteiger partial charge in [-0.15, -0.1) is 0 Å². The van der Waals surface area contributed by atoms with Gasteiger partial charge in [0.05, 0.1) is 6.42 Å². The van der Waals surface area contributed by atoms with Crippen LogP contribution in [0, 0.1) is 0 Å². The lowest BCUT2D eigenvalue weighted by Gasteiger charge is -2.23. The first-order chi connectivity index (χ1) is 17.8. The van der Waals surface area contributed by atoms with Crippen LogP contribution >= 0.6 is 11.6 Å². The minimum atomic E-state index is -0.800. The molecular weight excluding hydrogens is 496 g/mol. The molecule has 1 rings (SSSR count). The number of carbonyl (C=O) groups is 3. The number of halogens is 1. The Hall–Kier alpha value is -2.89. The molecular formula is C25H43ClN8O3. The highest BCUT2D eigenvalue weighted by Gasteiger charge is 2.26. The molecule has 37 heavy (non-hydrogen) atoms. The minimum Gasteiger partial charge on any atom is -0.370 e. The van der Waals surface area contributed by atoms with Crippen molar-refractivity contribution in [3.8, 4) is 0 Å². The van der Waals surface area contributed by atoms with Crippen molar-refractivity contribution in [2.75, 3.05) is 26.2 Å². The molecule has 0 aliphatic rings. The maximum Gasteiger partial charge on any atom is 0.243 e. The van der Waals surface area contributed by atoms with Crippen molar-refractivity contribution in [1.29, 1.82) is 0 Å². The van der Waals surface area contributed by atoms with Gasteiger partial charge < -0.3 is 38.9 Å². The zero-order chi connectivity index (χ0) is 27.5. The number of unbranched alkanes of at least 4 members (excludes halogenated alkanes) is 3. The quantitative estimate of drug-likeness (QED) is 0.0743. The second-order valence-corrected chi connectivity index (χ2v) is 9.23. The van der Waals surface area contributed by atoms with Crippen LogP contribution in [0.4, 0.5) is 0 Å². The third kappa shape index (κ3) is 14.4. The molecule has 3 amide bonds. The summed E-state index contributed by atoms with van der Waals surface area (Å²) in [4.78, 5) is 42.7. The molecule has 1 aromatic carbocycles. The molecule has 1 aromatic rings. The average Bonchev–Trinajstić information content (AvgIpc) is 2.86. The van der Waals surface area contributed by atoms with Gasteiger partial charge in [-0.05, 0) is 76.1 Å². The Kier molecular flexibility index (Phi) is 16.7. The molecule has 0 fully saturated rings. The highest BCUT2D eigenvalue weighted by molar-refractivity contribution is 6.31. The third-order valence-electron chi connectivity index (χ3n) is 5.67. The van der Waals surface area contributed by atoms with Crippen molar-refractivity contribution in [1.82, 2.24) is 16.0 Å². The van der Waals surface area contributed by atoms with Gasteiger partial charge in [-0.2, -0.15) is 0 Å². The van der Waals surface area contributed by atoms with Gasteiger partial charge in [-0.25, -0.2) is 0 Å². The molecule has 208 valence electrons. The zero-order valence-electron chi connectivity index (χ0n) is 21.5. The standard InChI is InChI=1S/C25H43ClN8O3/c26-19-10-2-1-9-18(19)17-22(35)33-21(12-4-6-14-28)24(37)34-20(11-3-5-13-27)23(36)31-15-7-8-16-32-25(29)30/h1-2,9-10,20-21H,3-8,11-17,27-28H2,(H,31,36)(H,33,35)(H,34,37)(H4,29,30,32)/t20-,21-/m0/s1. The molecule has 0 aliphatic carbocycles. The van der Waals surface area contributed by atoms with E-state index in [1.807, 2.05) is 0 Å². The average molecular weight is 539 g/mol. The van der Waals surface area contributed by atoms with E-state index < -0.39 is 18.0 Å². The Morgan fingerprint density at radius 3 is 2.05 bits per heavy atom. The van der Waals surface area contributed by atoms with Crippen molar-refractivity contribution >= 4 is 35.3 Å². The topological polar surface area (TPSA) is 204 Å². The van der Waals surface area contributed by atoms with Crippen LogP contribution < -0.4 is 38.9 Å². The van der Waals surface area contributed by atoms with E-state index in [2.05, 4.69) is 20.9 Å². The van der Waals surface area contributed by atoms with E-state index in [0.717, 1.165) is 6.42 Å². The lowest BCUT2D eigenvalue weighted by molar-refractivity contribution is -0.132. The molecule has 0 aromatic heterocycles. The molecule has 11 N–H and O–H groups in total. The first-order valence-electron chi connectivity index (χ1n) is 12.8. The van der Waals surface area contributed by atoms with E-state index in [-0.39, 0.29) is 24.2 Å². The van der Waals surface area contributed by atoms with Gasteiger partial charge in [0, 0.05) is 18.1 Å². The van der Waals surface area contributed by atoms with E-state index in [0.29, 0.717) is 81.7 Å². The Bertz CT molecular complexity index is 864. The Labute approximate surface area is 224 Å². The number of nitrogens with two attached hydrogens (primary N) is 4. The number of aliphatic imine (C=N–C) groups is 1. The second kappa shape index (κ2) is 19.3. The highest BCUT2D eigenvalue weighted by Crippen LogP contribution is 2.15. The predicted octanol–water partition coefficient (Wildman–Crippen LogP) is 0.280. The van der Waals surface area contributed by atoms with Gasteiger partial charge in [0.15, 0.2) is 5.96 Å². The van der Waals surface area contributed by atoms with E-state index in [9.17, 15) is 14.4 Å². The Morgan fingerprint density at radius 1 is 0.838 bits per heavy atom. The molecule has 11 nitrogen and oxygen atoms in total. The molecule has 0 radical (unpaired) electrons. The van der Waals surface area contributed by atoms with Crippen LogP contribution in [0.5, 0.6) is 0 Å². The SMILES string of the molecule is NCCCC[C@H](NC(=O)Cc1ccccc1Cl)C(=O)N[C@@H](CCCCN)C(=O)NCCCCN=C(N)N. The first kappa shape index (κ1) is 32.1. The summed E-state index contributed by atoms with van der Waals surface area (Å²) >= 11 is 6.17. The van der Waals surface area contributed by atoms with Crippen LogP contribution in [0.25, 0.3) is 0 Å². The molecule has 0 heterocycles. The van der Waals surface area contributed by atoms with E-state index in [1.165, 1.54) is 0 Å². The lowest BCUT2D eigenvalue weighted by atomic mass is 10.0. The molecule has 0 saturated heterocycles. The van der Waals surface area contributed by atoms with Crippen molar-refractivity contribution < 1.29 is 14.4 Å². The normalized spacial score (nSPS) is 12.3. The maximum absolute atomic E-state index is 13.2. The van der Waals surface area contributed by atoms with Crippen LogP contribution in [-0.4, -0.2) is 61.9 Å². The van der Waals surface area contributed by atoms with Gasteiger partial charge in [0.1, 0.15) is 12.1 Å². The van der Waals surface area contributed by atoms with Gasteiger partial charge in [-0.3, -0.25) is 19.4 Å². The number of hydrogen-bond donors (Lipinski definition) is 7. The van der Waals surface area contributed by atoms with E-state index in [4.69, 9.17) is 34.5 Å². The van der Waals surface area contributed by atoms with Crippen molar-refractivity contribution in [2.45, 2.75) is 69.9 Å². The number of amides is 3. The first-order valence-corrected chi connectivity index (χ1v) is 13.2. The van der Waals surface area contributed by atoms with Crippen LogP contribution in [0.3, 0.4) is 0 Å². The Morgan fingerprint density at radius 2 is 1.46 bits per heavy atom. The largest absolute Gasteiger partial charge is 0.370 e. The molecule has 0 unspecified atom stereocenters. The summed E-state index contributed by atoms with van der Waals surface area (Å²) in [6.45, 7) is 1.88. The van der Waals surface area contributed by atoms with Crippen molar-refractivity contribution in [2.24, 2.45) is 27.9 Å². The number of nitrogens with zero attached hydrogens (tertiary/aromatic N) is 1. The summed E-state index contributed by atoms with van der Waals surface area (Å²) in [6.07, 6.45) is 5.05. The van der Waals surface area contributed by atoms with E-state index in [1.54, 1.807) is 24.3 Å². The van der Waals surface area contributed by atoms with Gasteiger partial charge in [0.25, 0.3) is 0 Å².